The van der Waals surface area contributed by atoms with Crippen LogP contribution >= 0.6 is 0 Å². The lowest BCUT2D eigenvalue weighted by atomic mass is 9.98. The fourth-order valence-corrected chi connectivity index (χ4v) is 3.92. The summed E-state index contributed by atoms with van der Waals surface area (Å²) in [6.07, 6.45) is -3.49. The maximum Gasteiger partial charge on any atom is 0.416 e. The predicted octanol–water partition coefficient (Wildman–Crippen LogP) is 3.99. The molecule has 1 atom stereocenters. The Bertz CT molecular complexity index is 843. The zero-order valence-corrected chi connectivity index (χ0v) is 15.3. The van der Waals surface area contributed by atoms with E-state index in [0.717, 1.165) is 37.4 Å². The maximum absolute atomic E-state index is 12.7. The Morgan fingerprint density at radius 3 is 2.32 bits per heavy atom. The summed E-state index contributed by atoms with van der Waals surface area (Å²) < 4.78 is 43.8. The maximum atomic E-state index is 12.7. The van der Waals surface area contributed by atoms with E-state index < -0.39 is 11.7 Å². The second-order valence-electron chi connectivity index (χ2n) is 7.09. The molecule has 2 aliphatic heterocycles. The average Bonchev–Trinajstić information content (AvgIpc) is 2.72. The molecule has 1 amide bonds. The van der Waals surface area contributed by atoms with Gasteiger partial charge in [0.05, 0.1) is 12.2 Å². The van der Waals surface area contributed by atoms with Gasteiger partial charge in [0.1, 0.15) is 5.75 Å². The second-order valence-corrected chi connectivity index (χ2v) is 7.09. The van der Waals surface area contributed by atoms with E-state index in [1.54, 1.807) is 4.90 Å². The molecule has 1 fully saturated rings. The van der Waals surface area contributed by atoms with Crippen LogP contribution in [-0.4, -0.2) is 48.5 Å². The van der Waals surface area contributed by atoms with Crippen molar-refractivity contribution in [2.75, 3.05) is 32.8 Å². The van der Waals surface area contributed by atoms with Crippen molar-refractivity contribution < 1.29 is 22.7 Å². The number of benzene rings is 2. The van der Waals surface area contributed by atoms with Crippen LogP contribution in [0.25, 0.3) is 0 Å². The summed E-state index contributed by atoms with van der Waals surface area (Å²) in [6.45, 7) is 3.24. The summed E-state index contributed by atoms with van der Waals surface area (Å²) in [5.74, 6) is 0.697. The van der Waals surface area contributed by atoms with Crippen molar-refractivity contribution in [2.45, 2.75) is 18.6 Å². The highest BCUT2D eigenvalue weighted by atomic mass is 19.4. The quantitative estimate of drug-likeness (QED) is 0.778. The lowest BCUT2D eigenvalue weighted by molar-refractivity contribution is -0.137. The van der Waals surface area contributed by atoms with Crippen LogP contribution in [0.5, 0.6) is 5.75 Å². The molecule has 0 N–H and O–H groups in total. The van der Waals surface area contributed by atoms with E-state index in [0.29, 0.717) is 19.7 Å². The first kappa shape index (κ1) is 18.8. The fourth-order valence-electron chi connectivity index (χ4n) is 3.92. The molecule has 0 saturated carbocycles. The molecule has 148 valence electrons. The minimum Gasteiger partial charge on any atom is -0.493 e. The van der Waals surface area contributed by atoms with Crippen molar-refractivity contribution in [3.05, 3.63) is 65.2 Å². The summed E-state index contributed by atoms with van der Waals surface area (Å²) in [5.41, 5.74) is 0.723. The van der Waals surface area contributed by atoms with Gasteiger partial charge in [-0.2, -0.15) is 13.2 Å². The van der Waals surface area contributed by atoms with Crippen LogP contribution < -0.4 is 4.74 Å². The number of hydrogen-bond donors (Lipinski definition) is 0. The Labute approximate surface area is 161 Å². The van der Waals surface area contributed by atoms with Crippen LogP contribution in [0.4, 0.5) is 13.2 Å². The topological polar surface area (TPSA) is 32.8 Å². The first-order valence-corrected chi connectivity index (χ1v) is 9.36. The van der Waals surface area contributed by atoms with Gasteiger partial charge < -0.3 is 9.64 Å². The molecule has 0 spiro atoms. The van der Waals surface area contributed by atoms with Gasteiger partial charge in [-0.3, -0.25) is 9.69 Å². The number of alkyl halides is 3. The van der Waals surface area contributed by atoms with E-state index in [4.69, 9.17) is 4.74 Å². The van der Waals surface area contributed by atoms with Crippen molar-refractivity contribution in [1.29, 1.82) is 0 Å². The number of halogens is 3. The Morgan fingerprint density at radius 1 is 0.964 bits per heavy atom. The molecule has 28 heavy (non-hydrogen) atoms. The molecule has 2 aromatic rings. The normalized spacial score (nSPS) is 20.4. The highest BCUT2D eigenvalue weighted by Crippen LogP contribution is 2.36. The minimum absolute atomic E-state index is 0.222. The molecule has 4 nitrogen and oxygen atoms in total. The number of fused-ring (bicyclic) bond motifs is 1. The Kier molecular flexibility index (Phi) is 5.02. The number of para-hydroxylation sites is 1. The first-order valence-electron chi connectivity index (χ1n) is 9.36. The molecule has 2 heterocycles. The van der Waals surface area contributed by atoms with Crippen molar-refractivity contribution in [3.8, 4) is 5.75 Å². The summed E-state index contributed by atoms with van der Waals surface area (Å²) in [6, 6.07) is 12.7. The molecule has 0 radical (unpaired) electrons. The fraction of sp³-hybridized carbons (Fsp3) is 0.381. The highest BCUT2D eigenvalue weighted by molar-refractivity contribution is 5.94. The smallest absolute Gasteiger partial charge is 0.416 e. The van der Waals surface area contributed by atoms with E-state index in [1.165, 1.54) is 17.7 Å². The third-order valence-corrected chi connectivity index (χ3v) is 5.43. The number of carbonyl (C=O) groups is 1. The molecule has 1 unspecified atom stereocenters. The van der Waals surface area contributed by atoms with E-state index >= 15 is 0 Å². The number of rotatable bonds is 2. The second kappa shape index (κ2) is 7.47. The molecule has 0 aliphatic carbocycles. The van der Waals surface area contributed by atoms with E-state index in [-0.39, 0.29) is 17.5 Å². The van der Waals surface area contributed by atoms with Crippen LogP contribution in [0, 0.1) is 0 Å². The van der Waals surface area contributed by atoms with Gasteiger partial charge in [-0.05, 0) is 30.3 Å². The van der Waals surface area contributed by atoms with Crippen molar-refractivity contribution >= 4 is 5.91 Å². The standard InChI is InChI=1S/C21H21F3N2O2/c22-21(23,24)16-7-5-15(6-8-16)20(27)26-12-10-25(11-13-26)18-9-14-28-19-4-2-1-3-17(18)19/h1-8,18H,9-14H2. The third kappa shape index (κ3) is 3.71. The zero-order valence-electron chi connectivity index (χ0n) is 15.3. The highest BCUT2D eigenvalue weighted by Gasteiger charge is 2.32. The molecule has 1 saturated heterocycles. The summed E-state index contributed by atoms with van der Waals surface area (Å²) in [4.78, 5) is 16.7. The van der Waals surface area contributed by atoms with Gasteiger partial charge in [0.2, 0.25) is 0 Å². The summed E-state index contributed by atoms with van der Waals surface area (Å²) >= 11 is 0. The lowest BCUT2D eigenvalue weighted by Crippen LogP contribution is -2.50. The Hall–Kier alpha value is -2.54. The zero-order chi connectivity index (χ0) is 19.7. The largest absolute Gasteiger partial charge is 0.493 e. The van der Waals surface area contributed by atoms with Crippen molar-refractivity contribution in [1.82, 2.24) is 9.80 Å². The van der Waals surface area contributed by atoms with Crippen molar-refractivity contribution in [3.63, 3.8) is 0 Å². The number of ether oxygens (including phenoxy) is 1. The number of amides is 1. The lowest BCUT2D eigenvalue weighted by Gasteiger charge is -2.41. The van der Waals surface area contributed by atoms with Crippen LogP contribution in [0.3, 0.4) is 0 Å². The Morgan fingerprint density at radius 2 is 1.64 bits per heavy atom. The van der Waals surface area contributed by atoms with E-state index in [1.807, 2.05) is 18.2 Å². The molecule has 0 aromatic heterocycles. The van der Waals surface area contributed by atoms with E-state index in [9.17, 15) is 18.0 Å². The monoisotopic (exact) mass is 390 g/mol. The summed E-state index contributed by atoms with van der Waals surface area (Å²) in [5, 5.41) is 0. The molecule has 7 heteroatoms. The SMILES string of the molecule is O=C(c1ccc(C(F)(F)F)cc1)N1CCN(C2CCOc3ccccc32)CC1. The van der Waals surface area contributed by atoms with Gasteiger partial charge in [0.15, 0.2) is 0 Å². The minimum atomic E-state index is -4.40. The van der Waals surface area contributed by atoms with Crippen molar-refractivity contribution in [2.24, 2.45) is 0 Å². The number of piperazine rings is 1. The van der Waals surface area contributed by atoms with Crippen LogP contribution in [0.2, 0.25) is 0 Å². The number of carbonyl (C=O) groups excluding carboxylic acids is 1. The predicted molar refractivity (Wildman–Crippen MR) is 98.2 cm³/mol. The van der Waals surface area contributed by atoms with Crippen LogP contribution in [-0.2, 0) is 6.18 Å². The average molecular weight is 390 g/mol. The van der Waals surface area contributed by atoms with Crippen LogP contribution in [0.1, 0.15) is 33.9 Å². The van der Waals surface area contributed by atoms with Gasteiger partial charge in [-0.25, -0.2) is 0 Å². The third-order valence-electron chi connectivity index (χ3n) is 5.43. The first-order chi connectivity index (χ1) is 13.4. The van der Waals surface area contributed by atoms with Gasteiger partial charge >= 0.3 is 6.18 Å². The summed E-state index contributed by atoms with van der Waals surface area (Å²) in [7, 11) is 0. The molecule has 2 aliphatic rings. The van der Waals surface area contributed by atoms with Gasteiger partial charge in [0.25, 0.3) is 5.91 Å². The molecule has 4 rings (SSSR count). The van der Waals surface area contributed by atoms with Crippen LogP contribution in [0.15, 0.2) is 48.5 Å². The molecular formula is C21H21F3N2O2. The number of hydrogen-bond acceptors (Lipinski definition) is 3. The molecular weight excluding hydrogens is 369 g/mol. The van der Waals surface area contributed by atoms with Gasteiger partial charge in [-0.15, -0.1) is 0 Å². The van der Waals surface area contributed by atoms with Gasteiger partial charge in [0, 0.05) is 49.8 Å². The number of nitrogens with zero attached hydrogens (tertiary/aromatic N) is 2. The molecule has 2 aromatic carbocycles. The molecule has 0 bridgehead atoms. The van der Waals surface area contributed by atoms with Gasteiger partial charge in [-0.1, -0.05) is 18.2 Å². The van der Waals surface area contributed by atoms with E-state index in [2.05, 4.69) is 11.0 Å². The Balaban J connectivity index is 1.40.